The number of thiazole rings is 1. The topological polar surface area (TPSA) is 61.4 Å². The van der Waals surface area contributed by atoms with E-state index in [0.29, 0.717) is 13.1 Å². The highest BCUT2D eigenvalue weighted by atomic mass is 32.1. The molecule has 1 N–H and O–H groups in total. The molecule has 0 spiro atoms. The lowest BCUT2D eigenvalue weighted by atomic mass is 10.3. The van der Waals surface area contributed by atoms with E-state index in [9.17, 15) is 4.79 Å². The smallest absolute Gasteiger partial charge is 0.317 e. The fourth-order valence-electron chi connectivity index (χ4n) is 2.90. The first kappa shape index (κ1) is 16.7. The Morgan fingerprint density at radius 2 is 2.12 bits per heavy atom. The molecule has 0 aliphatic carbocycles. The predicted molar refractivity (Wildman–Crippen MR) is 96.5 cm³/mol. The Labute approximate surface area is 146 Å². The van der Waals surface area contributed by atoms with E-state index in [0.717, 1.165) is 42.6 Å². The fourth-order valence-corrected chi connectivity index (χ4v) is 3.73. The van der Waals surface area contributed by atoms with Crippen LogP contribution in [-0.4, -0.2) is 47.1 Å². The average Bonchev–Trinajstić information content (AvgIpc) is 2.79. The third-order valence-corrected chi connectivity index (χ3v) is 5.09. The van der Waals surface area contributed by atoms with Crippen molar-refractivity contribution in [1.82, 2.24) is 20.2 Å². The highest BCUT2D eigenvalue weighted by Gasteiger charge is 2.20. The van der Waals surface area contributed by atoms with Gasteiger partial charge in [-0.15, -0.1) is 11.3 Å². The Morgan fingerprint density at radius 3 is 2.83 bits per heavy atom. The Hall–Kier alpha value is -2.15. The molecule has 0 unspecified atom stereocenters. The number of hydrogen-bond acceptors (Lipinski definition) is 5. The molecule has 1 fully saturated rings. The molecule has 24 heavy (non-hydrogen) atoms. The standard InChI is InChI=1S/C17H23N5OS/c1-13-15(20-14(2)24-13)12-19-17(23)22-9-5-8-21(10-11-22)16-6-3-4-7-18-16/h3-4,6-7H,5,8-12H2,1-2H3,(H,19,23). The van der Waals surface area contributed by atoms with Crippen molar-refractivity contribution >= 4 is 23.2 Å². The molecule has 6 nitrogen and oxygen atoms in total. The summed E-state index contributed by atoms with van der Waals surface area (Å²) in [6.45, 7) is 7.73. The van der Waals surface area contributed by atoms with E-state index in [1.54, 1.807) is 11.3 Å². The number of urea groups is 1. The average molecular weight is 345 g/mol. The van der Waals surface area contributed by atoms with Gasteiger partial charge in [-0.05, 0) is 32.4 Å². The number of carbonyl (C=O) groups is 1. The molecule has 2 aromatic rings. The van der Waals surface area contributed by atoms with E-state index < -0.39 is 0 Å². The second-order valence-electron chi connectivity index (χ2n) is 5.91. The summed E-state index contributed by atoms with van der Waals surface area (Å²) >= 11 is 1.67. The predicted octanol–water partition coefficient (Wildman–Crippen LogP) is 2.58. The van der Waals surface area contributed by atoms with E-state index >= 15 is 0 Å². The minimum absolute atomic E-state index is 0.0112. The maximum atomic E-state index is 12.4. The van der Waals surface area contributed by atoms with Crippen LogP contribution in [0.15, 0.2) is 24.4 Å². The Balaban J connectivity index is 1.54. The molecule has 3 heterocycles. The highest BCUT2D eigenvalue weighted by Crippen LogP contribution is 2.16. The number of anilines is 1. The van der Waals surface area contributed by atoms with Gasteiger partial charge in [0.2, 0.25) is 0 Å². The van der Waals surface area contributed by atoms with Gasteiger partial charge in [0.25, 0.3) is 0 Å². The summed E-state index contributed by atoms with van der Waals surface area (Å²) < 4.78 is 0. The largest absolute Gasteiger partial charge is 0.355 e. The third kappa shape index (κ3) is 4.03. The molecule has 0 bridgehead atoms. The van der Waals surface area contributed by atoms with Crippen molar-refractivity contribution in [1.29, 1.82) is 0 Å². The van der Waals surface area contributed by atoms with Gasteiger partial charge in [-0.1, -0.05) is 6.07 Å². The molecule has 0 saturated carbocycles. The number of rotatable bonds is 3. The summed E-state index contributed by atoms with van der Waals surface area (Å²) in [5.74, 6) is 0.980. The van der Waals surface area contributed by atoms with Crippen molar-refractivity contribution in [2.75, 3.05) is 31.1 Å². The number of aryl methyl sites for hydroxylation is 2. The number of amides is 2. The number of nitrogens with zero attached hydrogens (tertiary/aromatic N) is 4. The van der Waals surface area contributed by atoms with Gasteiger partial charge < -0.3 is 15.1 Å². The number of pyridine rings is 1. The minimum atomic E-state index is -0.0112. The first-order chi connectivity index (χ1) is 11.6. The van der Waals surface area contributed by atoms with Crippen LogP contribution in [0.1, 0.15) is 22.0 Å². The Morgan fingerprint density at radius 1 is 1.25 bits per heavy atom. The van der Waals surface area contributed by atoms with E-state index in [4.69, 9.17) is 0 Å². The number of nitrogens with one attached hydrogen (secondary N) is 1. The molecule has 2 amide bonds. The zero-order chi connectivity index (χ0) is 16.9. The lowest BCUT2D eigenvalue weighted by Gasteiger charge is -2.23. The van der Waals surface area contributed by atoms with Gasteiger partial charge >= 0.3 is 6.03 Å². The molecule has 1 aliphatic rings. The number of carbonyl (C=O) groups excluding carboxylic acids is 1. The van der Waals surface area contributed by atoms with Crippen LogP contribution < -0.4 is 10.2 Å². The molecule has 2 aromatic heterocycles. The highest BCUT2D eigenvalue weighted by molar-refractivity contribution is 7.11. The zero-order valence-corrected chi connectivity index (χ0v) is 15.0. The number of aromatic nitrogens is 2. The van der Waals surface area contributed by atoms with Crippen LogP contribution in [0.4, 0.5) is 10.6 Å². The van der Waals surface area contributed by atoms with Gasteiger partial charge in [-0.25, -0.2) is 14.8 Å². The van der Waals surface area contributed by atoms with Crippen molar-refractivity contribution in [3.05, 3.63) is 40.0 Å². The van der Waals surface area contributed by atoms with Crippen molar-refractivity contribution in [2.24, 2.45) is 0 Å². The van der Waals surface area contributed by atoms with Gasteiger partial charge in [0, 0.05) is 37.3 Å². The normalized spacial score (nSPS) is 15.2. The molecule has 3 rings (SSSR count). The van der Waals surface area contributed by atoms with Crippen LogP contribution in [0.5, 0.6) is 0 Å². The first-order valence-corrected chi connectivity index (χ1v) is 9.07. The van der Waals surface area contributed by atoms with Crippen molar-refractivity contribution in [3.8, 4) is 0 Å². The van der Waals surface area contributed by atoms with Gasteiger partial charge in [-0.2, -0.15) is 0 Å². The van der Waals surface area contributed by atoms with E-state index in [1.807, 2.05) is 43.1 Å². The van der Waals surface area contributed by atoms with Gasteiger partial charge in [0.1, 0.15) is 5.82 Å². The maximum Gasteiger partial charge on any atom is 0.317 e. The molecule has 1 aliphatic heterocycles. The van der Waals surface area contributed by atoms with Gasteiger partial charge in [0.05, 0.1) is 17.2 Å². The Kier molecular flexibility index (Phi) is 5.30. The fraction of sp³-hybridized carbons (Fsp3) is 0.471. The third-order valence-electron chi connectivity index (χ3n) is 4.16. The number of hydrogen-bond donors (Lipinski definition) is 1. The van der Waals surface area contributed by atoms with Crippen LogP contribution in [0.2, 0.25) is 0 Å². The van der Waals surface area contributed by atoms with Crippen molar-refractivity contribution in [3.63, 3.8) is 0 Å². The lowest BCUT2D eigenvalue weighted by molar-refractivity contribution is 0.201. The quantitative estimate of drug-likeness (QED) is 0.929. The molecule has 7 heteroatoms. The minimum Gasteiger partial charge on any atom is -0.355 e. The van der Waals surface area contributed by atoms with E-state index in [-0.39, 0.29) is 6.03 Å². The summed E-state index contributed by atoms with van der Waals surface area (Å²) in [4.78, 5) is 26.6. The summed E-state index contributed by atoms with van der Waals surface area (Å²) in [5, 5.41) is 4.04. The van der Waals surface area contributed by atoms with Crippen molar-refractivity contribution in [2.45, 2.75) is 26.8 Å². The second kappa shape index (κ2) is 7.61. The molecular formula is C17H23N5OS. The van der Waals surface area contributed by atoms with Crippen LogP contribution in [0.3, 0.4) is 0 Å². The van der Waals surface area contributed by atoms with E-state index in [2.05, 4.69) is 20.2 Å². The van der Waals surface area contributed by atoms with Gasteiger partial charge in [-0.3, -0.25) is 0 Å². The molecule has 0 radical (unpaired) electrons. The Bertz CT molecular complexity index is 688. The zero-order valence-electron chi connectivity index (χ0n) is 14.2. The summed E-state index contributed by atoms with van der Waals surface area (Å²) in [6, 6.07) is 5.92. The molecule has 0 aromatic carbocycles. The van der Waals surface area contributed by atoms with Crippen LogP contribution in [0, 0.1) is 13.8 Å². The summed E-state index contributed by atoms with van der Waals surface area (Å²) in [6.07, 6.45) is 2.75. The monoisotopic (exact) mass is 345 g/mol. The SMILES string of the molecule is Cc1nc(CNC(=O)N2CCCN(c3ccccn3)CC2)c(C)s1. The van der Waals surface area contributed by atoms with Gasteiger partial charge in [0.15, 0.2) is 0 Å². The van der Waals surface area contributed by atoms with Crippen molar-refractivity contribution < 1.29 is 4.79 Å². The molecule has 128 valence electrons. The molecule has 0 atom stereocenters. The van der Waals surface area contributed by atoms with E-state index in [1.165, 1.54) is 4.88 Å². The molecule has 1 saturated heterocycles. The summed E-state index contributed by atoms with van der Waals surface area (Å²) in [7, 11) is 0. The van der Waals surface area contributed by atoms with Crippen LogP contribution in [0.25, 0.3) is 0 Å². The van der Waals surface area contributed by atoms with Crippen LogP contribution in [-0.2, 0) is 6.54 Å². The maximum absolute atomic E-state index is 12.4. The second-order valence-corrected chi connectivity index (χ2v) is 7.32. The first-order valence-electron chi connectivity index (χ1n) is 8.25. The molecular weight excluding hydrogens is 322 g/mol. The van der Waals surface area contributed by atoms with Crippen LogP contribution >= 0.6 is 11.3 Å². The summed E-state index contributed by atoms with van der Waals surface area (Å²) in [5.41, 5.74) is 0.968. The lowest BCUT2D eigenvalue weighted by Crippen LogP contribution is -2.42.